The highest BCUT2D eigenvalue weighted by atomic mass is 15.0. The maximum Gasteiger partial charge on any atom is 0.163 e. The van der Waals surface area contributed by atoms with Crippen LogP contribution in [-0.2, 0) is 6.42 Å². The van der Waals surface area contributed by atoms with Gasteiger partial charge in [0.05, 0.1) is 11.2 Å². The summed E-state index contributed by atoms with van der Waals surface area (Å²) in [5.41, 5.74) is 8.71. The van der Waals surface area contributed by atoms with Gasteiger partial charge >= 0.3 is 0 Å². The second kappa shape index (κ2) is 5.20. The molecule has 0 spiro atoms. The third-order valence-corrected chi connectivity index (χ3v) is 3.14. The lowest BCUT2D eigenvalue weighted by atomic mass is 10.2. The highest BCUT2D eigenvalue weighted by molar-refractivity contribution is 5.63. The molecule has 0 unspecified atom stereocenters. The molecular formula is C15H16N4. The molecule has 0 saturated carbocycles. The van der Waals surface area contributed by atoms with Gasteiger partial charge in [-0.15, -0.1) is 0 Å². The average molecular weight is 252 g/mol. The number of pyridine rings is 2. The van der Waals surface area contributed by atoms with Gasteiger partial charge in [-0.2, -0.15) is 0 Å². The van der Waals surface area contributed by atoms with Crippen molar-refractivity contribution >= 4 is 5.52 Å². The van der Waals surface area contributed by atoms with Crippen LogP contribution < -0.4 is 5.73 Å². The monoisotopic (exact) mass is 252 g/mol. The maximum absolute atomic E-state index is 5.59. The lowest BCUT2D eigenvalue weighted by Gasteiger charge is -1.99. The van der Waals surface area contributed by atoms with Crippen LogP contribution in [0, 0.1) is 0 Å². The molecule has 0 bridgehead atoms. The number of aryl methyl sites for hydroxylation is 1. The SMILES string of the molecule is NCCCc1nc(-c2ccccn2)n2ccccc12. The number of imidazole rings is 1. The second-order valence-corrected chi connectivity index (χ2v) is 4.45. The summed E-state index contributed by atoms with van der Waals surface area (Å²) in [6.07, 6.45) is 5.66. The van der Waals surface area contributed by atoms with E-state index in [-0.39, 0.29) is 0 Å². The Morgan fingerprint density at radius 2 is 2.00 bits per heavy atom. The molecule has 0 aliphatic rings. The third kappa shape index (κ3) is 2.22. The van der Waals surface area contributed by atoms with E-state index in [2.05, 4.69) is 15.5 Å². The molecule has 4 heteroatoms. The van der Waals surface area contributed by atoms with Crippen molar-refractivity contribution in [2.75, 3.05) is 6.54 Å². The molecule has 0 saturated heterocycles. The summed E-state index contributed by atoms with van der Waals surface area (Å²) in [6.45, 7) is 0.685. The van der Waals surface area contributed by atoms with Gasteiger partial charge in [-0.3, -0.25) is 9.38 Å². The minimum absolute atomic E-state index is 0.685. The third-order valence-electron chi connectivity index (χ3n) is 3.14. The lowest BCUT2D eigenvalue weighted by Crippen LogP contribution is -2.00. The summed E-state index contributed by atoms with van der Waals surface area (Å²) in [5, 5.41) is 0. The molecule has 0 aliphatic heterocycles. The first-order valence-corrected chi connectivity index (χ1v) is 6.47. The predicted octanol–water partition coefficient (Wildman–Crippen LogP) is 2.29. The molecule has 0 fully saturated rings. The van der Waals surface area contributed by atoms with Crippen molar-refractivity contribution < 1.29 is 0 Å². The highest BCUT2D eigenvalue weighted by Crippen LogP contribution is 2.21. The Morgan fingerprint density at radius 3 is 2.79 bits per heavy atom. The van der Waals surface area contributed by atoms with Crippen molar-refractivity contribution in [2.45, 2.75) is 12.8 Å². The van der Waals surface area contributed by atoms with Gasteiger partial charge in [-0.25, -0.2) is 4.98 Å². The molecule has 0 aliphatic carbocycles. The molecule has 2 N–H and O–H groups in total. The molecular weight excluding hydrogens is 236 g/mol. The molecule has 19 heavy (non-hydrogen) atoms. The lowest BCUT2D eigenvalue weighted by molar-refractivity contribution is 0.820. The van der Waals surface area contributed by atoms with Crippen LogP contribution in [0.2, 0.25) is 0 Å². The van der Waals surface area contributed by atoms with Crippen LogP contribution in [0.1, 0.15) is 12.1 Å². The number of hydrogen-bond donors (Lipinski definition) is 1. The Morgan fingerprint density at radius 1 is 1.11 bits per heavy atom. The van der Waals surface area contributed by atoms with Gasteiger partial charge in [-0.1, -0.05) is 12.1 Å². The van der Waals surface area contributed by atoms with Crippen molar-refractivity contribution in [2.24, 2.45) is 5.73 Å². The van der Waals surface area contributed by atoms with Gasteiger partial charge in [0.25, 0.3) is 0 Å². The van der Waals surface area contributed by atoms with Crippen LogP contribution in [0.15, 0.2) is 48.8 Å². The molecule has 4 nitrogen and oxygen atoms in total. The van der Waals surface area contributed by atoms with Gasteiger partial charge in [0, 0.05) is 12.4 Å². The molecule has 96 valence electrons. The van der Waals surface area contributed by atoms with Gasteiger partial charge in [0.2, 0.25) is 0 Å². The minimum Gasteiger partial charge on any atom is -0.330 e. The van der Waals surface area contributed by atoms with Crippen molar-refractivity contribution in [1.82, 2.24) is 14.4 Å². The number of fused-ring (bicyclic) bond motifs is 1. The molecule has 0 radical (unpaired) electrons. The van der Waals surface area contributed by atoms with E-state index in [0.29, 0.717) is 6.54 Å². The van der Waals surface area contributed by atoms with E-state index in [9.17, 15) is 0 Å². The van der Waals surface area contributed by atoms with E-state index < -0.39 is 0 Å². The molecule has 3 aromatic rings. The Kier molecular flexibility index (Phi) is 3.25. The first-order chi connectivity index (χ1) is 9.40. The predicted molar refractivity (Wildman–Crippen MR) is 75.8 cm³/mol. The van der Waals surface area contributed by atoms with E-state index in [0.717, 1.165) is 35.6 Å². The standard InChI is InChI=1S/C15H16N4/c16-9-5-7-12-14-8-2-4-11-19(14)15(18-12)13-6-1-3-10-17-13/h1-4,6,8,10-11H,5,7,9,16H2. The summed E-state index contributed by atoms with van der Waals surface area (Å²) in [4.78, 5) is 9.13. The minimum atomic E-state index is 0.685. The maximum atomic E-state index is 5.59. The first-order valence-electron chi connectivity index (χ1n) is 6.47. The molecule has 0 amide bonds. The topological polar surface area (TPSA) is 56.2 Å². The van der Waals surface area contributed by atoms with E-state index in [1.54, 1.807) is 6.20 Å². The molecule has 3 heterocycles. The van der Waals surface area contributed by atoms with Crippen LogP contribution in [0.5, 0.6) is 0 Å². The Hall–Kier alpha value is -2.20. The zero-order valence-electron chi connectivity index (χ0n) is 10.7. The number of hydrogen-bond acceptors (Lipinski definition) is 3. The molecule has 0 aromatic carbocycles. The van der Waals surface area contributed by atoms with E-state index in [1.807, 2.05) is 36.5 Å². The Balaban J connectivity index is 2.15. The van der Waals surface area contributed by atoms with Crippen LogP contribution in [-0.4, -0.2) is 20.9 Å². The Labute approximate surface area is 111 Å². The summed E-state index contributed by atoms with van der Waals surface area (Å²) in [7, 11) is 0. The molecule has 3 aromatic heterocycles. The van der Waals surface area contributed by atoms with E-state index in [4.69, 9.17) is 10.7 Å². The second-order valence-electron chi connectivity index (χ2n) is 4.45. The largest absolute Gasteiger partial charge is 0.330 e. The van der Waals surface area contributed by atoms with Crippen molar-refractivity contribution in [1.29, 1.82) is 0 Å². The van der Waals surface area contributed by atoms with E-state index >= 15 is 0 Å². The van der Waals surface area contributed by atoms with Gasteiger partial charge in [0.15, 0.2) is 5.82 Å². The van der Waals surface area contributed by atoms with Crippen LogP contribution in [0.3, 0.4) is 0 Å². The smallest absolute Gasteiger partial charge is 0.163 e. The van der Waals surface area contributed by atoms with Gasteiger partial charge in [0.1, 0.15) is 5.69 Å². The van der Waals surface area contributed by atoms with E-state index in [1.165, 1.54) is 0 Å². The quantitative estimate of drug-likeness (QED) is 0.775. The van der Waals surface area contributed by atoms with Gasteiger partial charge < -0.3 is 5.73 Å². The van der Waals surface area contributed by atoms with Crippen molar-refractivity contribution in [3.05, 3.63) is 54.5 Å². The average Bonchev–Trinajstić information content (AvgIpc) is 2.85. The van der Waals surface area contributed by atoms with Crippen molar-refractivity contribution in [3.63, 3.8) is 0 Å². The number of rotatable bonds is 4. The number of aromatic nitrogens is 3. The fourth-order valence-corrected chi connectivity index (χ4v) is 2.23. The summed E-state index contributed by atoms with van der Waals surface area (Å²) in [6, 6.07) is 12.0. The molecule has 0 atom stereocenters. The number of nitrogens with two attached hydrogens (primary N) is 1. The van der Waals surface area contributed by atoms with Crippen LogP contribution in [0.25, 0.3) is 17.0 Å². The fraction of sp³-hybridized carbons (Fsp3) is 0.200. The van der Waals surface area contributed by atoms with Crippen LogP contribution in [0.4, 0.5) is 0 Å². The summed E-state index contributed by atoms with van der Waals surface area (Å²) >= 11 is 0. The van der Waals surface area contributed by atoms with Crippen LogP contribution >= 0.6 is 0 Å². The normalized spacial score (nSPS) is 11.0. The fourth-order valence-electron chi connectivity index (χ4n) is 2.23. The summed E-state index contributed by atoms with van der Waals surface area (Å²) in [5.74, 6) is 0.892. The van der Waals surface area contributed by atoms with Gasteiger partial charge in [-0.05, 0) is 43.7 Å². The van der Waals surface area contributed by atoms with Crippen molar-refractivity contribution in [3.8, 4) is 11.5 Å². The highest BCUT2D eigenvalue weighted by Gasteiger charge is 2.12. The zero-order chi connectivity index (χ0) is 13.1. The Bertz CT molecular complexity index is 673. The number of nitrogens with zero attached hydrogens (tertiary/aromatic N) is 3. The first kappa shape index (κ1) is 11.9. The summed E-state index contributed by atoms with van der Waals surface area (Å²) < 4.78 is 2.09. The molecule has 3 rings (SSSR count). The zero-order valence-corrected chi connectivity index (χ0v) is 10.7.